The summed E-state index contributed by atoms with van der Waals surface area (Å²) in [5, 5.41) is 1.73. The van der Waals surface area contributed by atoms with Gasteiger partial charge in [-0.2, -0.15) is 11.8 Å². The van der Waals surface area contributed by atoms with Gasteiger partial charge in [0.05, 0.1) is 11.6 Å². The first-order chi connectivity index (χ1) is 9.40. The Kier molecular flexibility index (Phi) is 4.01. The van der Waals surface area contributed by atoms with E-state index in [-0.39, 0.29) is 6.04 Å². The maximum atomic E-state index is 5.84. The quantitative estimate of drug-likeness (QED) is 0.666. The molecule has 3 rings (SSSR count). The molecule has 4 heteroatoms. The van der Waals surface area contributed by atoms with Crippen molar-refractivity contribution in [2.75, 3.05) is 5.75 Å². The zero-order chi connectivity index (χ0) is 13.1. The Morgan fingerprint density at radius 2 is 2.16 bits per heavy atom. The highest BCUT2D eigenvalue weighted by molar-refractivity contribution is 8.00. The summed E-state index contributed by atoms with van der Waals surface area (Å²) in [6.45, 7) is 0. The lowest BCUT2D eigenvalue weighted by Crippen LogP contribution is -2.36. The highest BCUT2D eigenvalue weighted by atomic mass is 32.2. The molecule has 19 heavy (non-hydrogen) atoms. The van der Waals surface area contributed by atoms with E-state index >= 15 is 0 Å². The van der Waals surface area contributed by atoms with E-state index in [9.17, 15) is 0 Å². The van der Waals surface area contributed by atoms with Crippen molar-refractivity contribution in [3.63, 3.8) is 0 Å². The second-order valence-electron chi connectivity index (χ2n) is 4.97. The Hall–Kier alpha value is -1.10. The molecule has 1 aromatic heterocycles. The van der Waals surface area contributed by atoms with Crippen molar-refractivity contribution in [1.29, 1.82) is 0 Å². The minimum atomic E-state index is 0.184. The summed E-state index contributed by atoms with van der Waals surface area (Å²) in [5.74, 6) is 7.07. The second kappa shape index (κ2) is 5.90. The van der Waals surface area contributed by atoms with Crippen LogP contribution in [0.1, 0.15) is 30.9 Å². The maximum Gasteiger partial charge on any atom is 0.0750 e. The molecule has 0 saturated carbocycles. The van der Waals surface area contributed by atoms with Gasteiger partial charge in [-0.05, 0) is 30.2 Å². The Balaban J connectivity index is 2.00. The molecule has 2 unspecified atom stereocenters. The summed E-state index contributed by atoms with van der Waals surface area (Å²) in [6, 6.07) is 10.6. The predicted molar refractivity (Wildman–Crippen MR) is 81.9 cm³/mol. The molecular weight excluding hydrogens is 254 g/mol. The van der Waals surface area contributed by atoms with Crippen molar-refractivity contribution in [2.45, 2.75) is 30.6 Å². The van der Waals surface area contributed by atoms with Crippen LogP contribution in [-0.4, -0.2) is 16.0 Å². The molecule has 3 nitrogen and oxygen atoms in total. The molecule has 0 amide bonds. The molecule has 0 radical (unpaired) electrons. The van der Waals surface area contributed by atoms with Crippen LogP contribution in [0.15, 0.2) is 36.5 Å². The molecule has 1 saturated heterocycles. The van der Waals surface area contributed by atoms with Gasteiger partial charge in [0.2, 0.25) is 0 Å². The number of aromatic nitrogens is 1. The van der Waals surface area contributed by atoms with Crippen LogP contribution in [0.5, 0.6) is 0 Å². The van der Waals surface area contributed by atoms with Crippen molar-refractivity contribution in [3.8, 4) is 0 Å². The Morgan fingerprint density at radius 1 is 1.26 bits per heavy atom. The monoisotopic (exact) mass is 273 g/mol. The van der Waals surface area contributed by atoms with Crippen molar-refractivity contribution >= 4 is 22.7 Å². The van der Waals surface area contributed by atoms with Crippen LogP contribution in [0.4, 0.5) is 0 Å². The Bertz CT molecular complexity index is 547. The minimum Gasteiger partial charge on any atom is -0.271 e. The van der Waals surface area contributed by atoms with E-state index in [1.165, 1.54) is 36.0 Å². The topological polar surface area (TPSA) is 50.9 Å². The fraction of sp³-hybridized carbons (Fsp3) is 0.400. The highest BCUT2D eigenvalue weighted by Crippen LogP contribution is 2.36. The molecule has 0 spiro atoms. The number of nitrogens with zero attached hydrogens (tertiary/aromatic N) is 1. The molecule has 2 aromatic rings. The molecule has 3 N–H and O–H groups in total. The number of pyridine rings is 1. The van der Waals surface area contributed by atoms with Gasteiger partial charge in [0.1, 0.15) is 0 Å². The van der Waals surface area contributed by atoms with E-state index in [1.54, 1.807) is 0 Å². The van der Waals surface area contributed by atoms with Gasteiger partial charge >= 0.3 is 0 Å². The van der Waals surface area contributed by atoms with Gasteiger partial charge < -0.3 is 0 Å². The van der Waals surface area contributed by atoms with Gasteiger partial charge in [-0.3, -0.25) is 16.3 Å². The van der Waals surface area contributed by atoms with E-state index < -0.39 is 0 Å². The molecular formula is C15H19N3S. The molecule has 0 aliphatic carbocycles. The standard InChI is InChI=1S/C15H19N3S/c16-18-15(13-8-1-2-10-19-13)12-7-3-5-11-6-4-9-17-14(11)12/h3-7,9,13,15,18H,1-2,8,10,16H2. The van der Waals surface area contributed by atoms with E-state index in [4.69, 9.17) is 5.84 Å². The van der Waals surface area contributed by atoms with Gasteiger partial charge in [0.15, 0.2) is 0 Å². The molecule has 1 aromatic carbocycles. The van der Waals surface area contributed by atoms with Gasteiger partial charge in [0, 0.05) is 16.8 Å². The Morgan fingerprint density at radius 3 is 2.95 bits per heavy atom. The molecule has 2 atom stereocenters. The number of para-hydroxylation sites is 1. The SMILES string of the molecule is NNC(c1cccc2cccnc12)C1CCCCS1. The van der Waals surface area contributed by atoms with Crippen LogP contribution in [0.25, 0.3) is 10.9 Å². The number of nitrogens with two attached hydrogens (primary N) is 1. The van der Waals surface area contributed by atoms with Crippen LogP contribution in [0.3, 0.4) is 0 Å². The summed E-state index contributed by atoms with van der Waals surface area (Å²) < 4.78 is 0. The predicted octanol–water partition coefficient (Wildman–Crippen LogP) is 3.02. The molecule has 1 fully saturated rings. The first-order valence-electron chi connectivity index (χ1n) is 6.81. The molecule has 100 valence electrons. The zero-order valence-corrected chi connectivity index (χ0v) is 11.7. The van der Waals surface area contributed by atoms with E-state index in [0.29, 0.717) is 5.25 Å². The summed E-state index contributed by atoms with van der Waals surface area (Å²) in [4.78, 5) is 4.54. The summed E-state index contributed by atoms with van der Waals surface area (Å²) in [5.41, 5.74) is 5.31. The third kappa shape index (κ3) is 2.61. The lowest BCUT2D eigenvalue weighted by molar-refractivity contribution is 0.494. The average Bonchev–Trinajstić information content (AvgIpc) is 2.49. The van der Waals surface area contributed by atoms with Gasteiger partial charge in [0.25, 0.3) is 0 Å². The number of hydrazine groups is 1. The number of hydrogen-bond donors (Lipinski definition) is 2. The first kappa shape index (κ1) is 12.9. The fourth-order valence-electron chi connectivity index (χ4n) is 2.80. The molecule has 0 bridgehead atoms. The van der Waals surface area contributed by atoms with Crippen molar-refractivity contribution in [2.24, 2.45) is 5.84 Å². The summed E-state index contributed by atoms with van der Waals surface area (Å²) in [6.07, 6.45) is 5.70. The second-order valence-corrected chi connectivity index (χ2v) is 6.32. The zero-order valence-electron chi connectivity index (χ0n) is 10.9. The van der Waals surface area contributed by atoms with E-state index in [0.717, 1.165) is 5.52 Å². The van der Waals surface area contributed by atoms with Gasteiger partial charge in [-0.1, -0.05) is 30.7 Å². The average molecular weight is 273 g/mol. The van der Waals surface area contributed by atoms with Crippen LogP contribution in [-0.2, 0) is 0 Å². The Labute approximate surface area is 117 Å². The fourth-order valence-corrected chi connectivity index (χ4v) is 4.23. The smallest absolute Gasteiger partial charge is 0.0750 e. The van der Waals surface area contributed by atoms with Crippen LogP contribution in [0, 0.1) is 0 Å². The lowest BCUT2D eigenvalue weighted by Gasteiger charge is -2.30. The van der Waals surface area contributed by atoms with E-state index in [2.05, 4.69) is 34.7 Å². The highest BCUT2D eigenvalue weighted by Gasteiger charge is 2.26. The number of thioether (sulfide) groups is 1. The molecule has 1 aliphatic heterocycles. The first-order valence-corrected chi connectivity index (χ1v) is 7.86. The largest absolute Gasteiger partial charge is 0.271 e. The van der Waals surface area contributed by atoms with Crippen molar-refractivity contribution < 1.29 is 0 Å². The molecule has 2 heterocycles. The molecule has 1 aliphatic rings. The van der Waals surface area contributed by atoms with Crippen LogP contribution < -0.4 is 11.3 Å². The normalized spacial score (nSPS) is 21.4. The van der Waals surface area contributed by atoms with Crippen molar-refractivity contribution in [3.05, 3.63) is 42.1 Å². The number of fused-ring (bicyclic) bond motifs is 1. The lowest BCUT2D eigenvalue weighted by atomic mass is 9.97. The van der Waals surface area contributed by atoms with Crippen molar-refractivity contribution in [1.82, 2.24) is 10.4 Å². The van der Waals surface area contributed by atoms with Crippen LogP contribution in [0.2, 0.25) is 0 Å². The number of nitrogens with one attached hydrogen (secondary N) is 1. The van der Waals surface area contributed by atoms with E-state index in [1.807, 2.05) is 24.0 Å². The maximum absolute atomic E-state index is 5.84. The van der Waals surface area contributed by atoms with Gasteiger partial charge in [-0.15, -0.1) is 0 Å². The number of benzene rings is 1. The third-order valence-electron chi connectivity index (χ3n) is 3.77. The number of hydrogen-bond acceptors (Lipinski definition) is 4. The summed E-state index contributed by atoms with van der Waals surface area (Å²) in [7, 11) is 0. The minimum absolute atomic E-state index is 0.184. The van der Waals surface area contributed by atoms with Gasteiger partial charge in [-0.25, -0.2) is 0 Å². The summed E-state index contributed by atoms with van der Waals surface area (Å²) >= 11 is 2.03. The van der Waals surface area contributed by atoms with Crippen LogP contribution >= 0.6 is 11.8 Å². The third-order valence-corrected chi connectivity index (χ3v) is 5.23. The number of rotatable bonds is 3.